The van der Waals surface area contributed by atoms with E-state index in [1.54, 1.807) is 0 Å². The molecular weight excluding hydrogens is 1180 g/mol. The summed E-state index contributed by atoms with van der Waals surface area (Å²) >= 11 is 0. The minimum atomic E-state index is -1.78. The third kappa shape index (κ3) is 47.7. The van der Waals surface area contributed by atoms with Gasteiger partial charge < -0.3 is 65.1 Å². The Kier molecular flexibility index (Phi) is 61.5. The number of carbonyl (C=O) groups excluding carboxylic acids is 1. The molecule has 0 saturated carbocycles. The second kappa shape index (κ2) is 65.1. The molecule has 12 unspecified atom stereocenters. The van der Waals surface area contributed by atoms with Crippen LogP contribution in [0.1, 0.15) is 399 Å². The highest BCUT2D eigenvalue weighted by Gasteiger charge is 2.51. The van der Waals surface area contributed by atoms with Gasteiger partial charge in [-0.15, -0.1) is 0 Å². The van der Waals surface area contributed by atoms with Gasteiger partial charge in [0.1, 0.15) is 48.8 Å². The highest BCUT2D eigenvalue weighted by atomic mass is 16.7. The molecule has 558 valence electrons. The van der Waals surface area contributed by atoms with E-state index in [9.17, 15) is 45.6 Å². The quantitative estimate of drug-likeness (QED) is 0.0204. The second-order valence-electron chi connectivity index (χ2n) is 29.3. The number of hydrogen-bond acceptors (Lipinski definition) is 13. The van der Waals surface area contributed by atoms with Gasteiger partial charge in [0.15, 0.2) is 12.6 Å². The Morgan fingerprint density at radius 3 is 1.01 bits per heavy atom. The maximum absolute atomic E-state index is 13.4. The van der Waals surface area contributed by atoms with Gasteiger partial charge in [-0.2, -0.15) is 0 Å². The van der Waals surface area contributed by atoms with E-state index >= 15 is 0 Å². The van der Waals surface area contributed by atoms with Crippen LogP contribution in [0.4, 0.5) is 0 Å². The van der Waals surface area contributed by atoms with E-state index in [1.807, 2.05) is 0 Å². The van der Waals surface area contributed by atoms with Crippen molar-refractivity contribution in [1.82, 2.24) is 5.32 Å². The first-order valence-electron chi connectivity index (χ1n) is 40.9. The van der Waals surface area contributed by atoms with Gasteiger partial charge in [0.25, 0.3) is 0 Å². The maximum atomic E-state index is 13.4. The lowest BCUT2D eigenvalue weighted by Gasteiger charge is -2.46. The van der Waals surface area contributed by atoms with E-state index in [0.717, 1.165) is 51.4 Å². The van der Waals surface area contributed by atoms with Crippen LogP contribution in [0.2, 0.25) is 0 Å². The molecule has 0 spiro atoms. The van der Waals surface area contributed by atoms with Crippen molar-refractivity contribution < 1.29 is 64.6 Å². The zero-order chi connectivity index (χ0) is 68.0. The van der Waals surface area contributed by atoms with E-state index in [1.165, 1.54) is 321 Å². The summed E-state index contributed by atoms with van der Waals surface area (Å²) in [5, 5.41) is 87.8. The summed E-state index contributed by atoms with van der Waals surface area (Å²) in [7, 11) is 0. The molecule has 12 atom stereocenters. The number of ether oxygens (including phenoxy) is 4. The third-order valence-electron chi connectivity index (χ3n) is 20.5. The summed E-state index contributed by atoms with van der Waals surface area (Å²) in [5.41, 5.74) is 0. The van der Waals surface area contributed by atoms with Crippen molar-refractivity contribution in [2.75, 3.05) is 19.8 Å². The van der Waals surface area contributed by atoms with Crippen molar-refractivity contribution in [1.29, 1.82) is 0 Å². The number of hydrogen-bond donors (Lipinski definition) is 9. The molecule has 2 heterocycles. The average Bonchev–Trinajstić information content (AvgIpc) is 0.794. The number of nitrogens with one attached hydrogen (secondary N) is 1. The van der Waals surface area contributed by atoms with Crippen LogP contribution in [0.3, 0.4) is 0 Å². The van der Waals surface area contributed by atoms with Gasteiger partial charge in [0.2, 0.25) is 5.91 Å². The van der Waals surface area contributed by atoms with Crippen molar-refractivity contribution in [3.63, 3.8) is 0 Å². The van der Waals surface area contributed by atoms with Gasteiger partial charge in [-0.3, -0.25) is 4.79 Å². The van der Waals surface area contributed by atoms with Gasteiger partial charge in [-0.25, -0.2) is 0 Å². The Morgan fingerprint density at radius 1 is 0.372 bits per heavy atom. The molecule has 0 aliphatic carbocycles. The highest BCUT2D eigenvalue weighted by Crippen LogP contribution is 2.31. The molecule has 0 aromatic rings. The first-order chi connectivity index (χ1) is 46.1. The minimum Gasteiger partial charge on any atom is -0.394 e. The average molecular weight is 1340 g/mol. The summed E-state index contributed by atoms with van der Waals surface area (Å²) in [6, 6.07) is -0.826. The Bertz CT molecular complexity index is 1620. The van der Waals surface area contributed by atoms with E-state index in [-0.39, 0.29) is 12.5 Å². The van der Waals surface area contributed by atoms with Crippen LogP contribution < -0.4 is 5.32 Å². The molecule has 14 nitrogen and oxygen atoms in total. The SMILES string of the molecule is CCCCCCCCCC/C=C\CCCCCCCCCCCCCCCCCCCCCCCCCCCCCC(=O)NC(COC1OC(CO)C(OC2OC(CO)C(O)C(O)C2O)C(O)C1O)C(O)CCCCCCCCCCCCCCCCCCCCCCC. The van der Waals surface area contributed by atoms with Crippen LogP contribution >= 0.6 is 0 Å². The minimum absolute atomic E-state index is 0.196. The van der Waals surface area contributed by atoms with E-state index < -0.39 is 86.8 Å². The number of amides is 1. The molecule has 2 saturated heterocycles. The van der Waals surface area contributed by atoms with Crippen molar-refractivity contribution in [2.45, 2.75) is 473 Å². The highest BCUT2D eigenvalue weighted by molar-refractivity contribution is 5.76. The van der Waals surface area contributed by atoms with Crippen LogP contribution in [0.25, 0.3) is 0 Å². The topological polar surface area (TPSA) is 228 Å². The first kappa shape index (κ1) is 88.8. The summed E-state index contributed by atoms with van der Waals surface area (Å²) < 4.78 is 23.0. The summed E-state index contributed by atoms with van der Waals surface area (Å²) in [6.45, 7) is 2.93. The van der Waals surface area contributed by atoms with Gasteiger partial charge in [0, 0.05) is 6.42 Å². The van der Waals surface area contributed by atoms with Crippen molar-refractivity contribution >= 4 is 5.91 Å². The Balaban J connectivity index is 1.55. The largest absolute Gasteiger partial charge is 0.394 e. The Hall–Kier alpha value is -1.27. The van der Waals surface area contributed by atoms with Crippen LogP contribution in [-0.2, 0) is 23.7 Å². The molecule has 14 heteroatoms. The number of aliphatic hydroxyl groups is 8. The summed E-state index contributed by atoms with van der Waals surface area (Å²) in [5.74, 6) is -0.196. The monoisotopic (exact) mass is 1340 g/mol. The smallest absolute Gasteiger partial charge is 0.220 e. The molecule has 0 aromatic carbocycles. The zero-order valence-electron chi connectivity index (χ0n) is 61.2. The molecule has 2 rings (SSSR count). The fourth-order valence-corrected chi connectivity index (χ4v) is 14.0. The number of allylic oxidation sites excluding steroid dienone is 2. The van der Waals surface area contributed by atoms with Gasteiger partial charge in [0.05, 0.1) is 32.0 Å². The van der Waals surface area contributed by atoms with Crippen LogP contribution in [0.5, 0.6) is 0 Å². The number of unbranched alkanes of at least 4 members (excludes halogenated alkanes) is 55. The third-order valence-corrected chi connectivity index (χ3v) is 20.5. The Labute approximate surface area is 577 Å². The lowest BCUT2D eigenvalue weighted by Crippen LogP contribution is -2.65. The van der Waals surface area contributed by atoms with E-state index in [2.05, 4.69) is 31.3 Å². The maximum Gasteiger partial charge on any atom is 0.220 e. The second-order valence-corrected chi connectivity index (χ2v) is 29.3. The molecule has 0 radical (unpaired) electrons. The van der Waals surface area contributed by atoms with E-state index in [0.29, 0.717) is 12.8 Å². The predicted molar refractivity (Wildman–Crippen MR) is 388 cm³/mol. The fourth-order valence-electron chi connectivity index (χ4n) is 14.0. The van der Waals surface area contributed by atoms with Gasteiger partial charge in [-0.1, -0.05) is 366 Å². The molecule has 2 aliphatic heterocycles. The van der Waals surface area contributed by atoms with Gasteiger partial charge >= 0.3 is 0 Å². The molecule has 2 fully saturated rings. The zero-order valence-corrected chi connectivity index (χ0v) is 61.2. The van der Waals surface area contributed by atoms with Gasteiger partial charge in [-0.05, 0) is 38.5 Å². The van der Waals surface area contributed by atoms with E-state index in [4.69, 9.17) is 18.9 Å². The molecule has 9 N–H and O–H groups in total. The molecular formula is C80H155NO13. The van der Waals surface area contributed by atoms with Crippen LogP contribution in [0.15, 0.2) is 12.2 Å². The number of rotatable bonds is 70. The molecule has 2 aliphatic rings. The van der Waals surface area contributed by atoms with Crippen molar-refractivity contribution in [3.8, 4) is 0 Å². The number of carbonyl (C=O) groups is 1. The van der Waals surface area contributed by atoms with Crippen molar-refractivity contribution in [3.05, 3.63) is 12.2 Å². The number of aliphatic hydroxyl groups excluding tert-OH is 8. The molecule has 0 bridgehead atoms. The van der Waals surface area contributed by atoms with Crippen molar-refractivity contribution in [2.24, 2.45) is 0 Å². The van der Waals surface area contributed by atoms with Crippen LogP contribution in [-0.4, -0.2) is 140 Å². The Morgan fingerprint density at radius 2 is 0.670 bits per heavy atom. The standard InChI is InChI=1S/C80H155NO13/c1-3-5-7-9-11-13-15-17-19-21-23-25-26-27-28-29-30-31-32-33-34-35-36-37-38-39-40-41-42-44-46-48-50-52-54-56-58-60-62-64-72(85)81-68(69(84)63-61-59-57-55-53-51-49-47-45-43-24-22-20-18-16-14-12-10-8-6-4-2)67-91-79-77(90)75(88)78(71(66-83)93-79)94-80-76(89)74(87)73(86)70(65-82)92-80/h21,23,68-71,73-80,82-84,86-90H,3-20,22,24-67H2,1-2H3,(H,81,85)/b23-21-. The lowest BCUT2D eigenvalue weighted by molar-refractivity contribution is -0.359. The molecule has 1 amide bonds. The lowest BCUT2D eigenvalue weighted by atomic mass is 9.97. The molecule has 0 aromatic heterocycles. The summed E-state index contributed by atoms with van der Waals surface area (Å²) in [6.07, 6.45) is 65.6. The summed E-state index contributed by atoms with van der Waals surface area (Å²) in [4.78, 5) is 13.4. The molecule has 94 heavy (non-hydrogen) atoms. The predicted octanol–water partition coefficient (Wildman–Crippen LogP) is 18.5. The first-order valence-corrected chi connectivity index (χ1v) is 40.9. The fraction of sp³-hybridized carbons (Fsp3) is 0.963. The normalized spacial score (nSPS) is 22.4. The van der Waals surface area contributed by atoms with Crippen LogP contribution in [0, 0.1) is 0 Å².